The minimum absolute atomic E-state index is 0.165. The van der Waals surface area contributed by atoms with Crippen molar-refractivity contribution in [3.05, 3.63) is 35.9 Å². The second-order valence-corrected chi connectivity index (χ2v) is 3.56. The Labute approximate surface area is 95.3 Å². The SMILES string of the molecule is CN(CCC#N)C(=O)[C@H](N)c1ccccc1. The number of nitriles is 1. The Morgan fingerprint density at radius 2 is 2.12 bits per heavy atom. The molecule has 4 heteroatoms. The number of hydrogen-bond donors (Lipinski definition) is 1. The zero-order chi connectivity index (χ0) is 12.0. The van der Waals surface area contributed by atoms with Crippen molar-refractivity contribution in [2.75, 3.05) is 13.6 Å². The highest BCUT2D eigenvalue weighted by molar-refractivity contribution is 5.82. The monoisotopic (exact) mass is 217 g/mol. The number of benzene rings is 1. The van der Waals surface area contributed by atoms with Crippen LogP contribution < -0.4 is 5.73 Å². The van der Waals surface area contributed by atoms with E-state index >= 15 is 0 Å². The minimum atomic E-state index is -0.648. The number of carbonyl (C=O) groups is 1. The number of amides is 1. The van der Waals surface area contributed by atoms with Gasteiger partial charge < -0.3 is 10.6 Å². The molecule has 0 aliphatic carbocycles. The van der Waals surface area contributed by atoms with Gasteiger partial charge in [-0.05, 0) is 5.56 Å². The lowest BCUT2D eigenvalue weighted by Gasteiger charge is -2.20. The summed E-state index contributed by atoms with van der Waals surface area (Å²) in [5, 5.41) is 8.43. The number of nitrogens with zero attached hydrogens (tertiary/aromatic N) is 2. The Hall–Kier alpha value is -1.86. The van der Waals surface area contributed by atoms with Crippen molar-refractivity contribution in [2.24, 2.45) is 5.73 Å². The highest BCUT2D eigenvalue weighted by Crippen LogP contribution is 2.11. The Morgan fingerprint density at radius 1 is 1.50 bits per heavy atom. The highest BCUT2D eigenvalue weighted by atomic mass is 16.2. The molecule has 1 atom stereocenters. The van der Waals surface area contributed by atoms with Crippen molar-refractivity contribution in [3.8, 4) is 6.07 Å². The highest BCUT2D eigenvalue weighted by Gasteiger charge is 2.18. The van der Waals surface area contributed by atoms with Crippen molar-refractivity contribution >= 4 is 5.91 Å². The second kappa shape index (κ2) is 5.89. The van der Waals surface area contributed by atoms with Gasteiger partial charge >= 0.3 is 0 Å². The van der Waals surface area contributed by atoms with Crippen LogP contribution in [-0.4, -0.2) is 24.4 Å². The van der Waals surface area contributed by atoms with E-state index in [0.29, 0.717) is 13.0 Å². The first-order valence-electron chi connectivity index (χ1n) is 5.09. The number of hydrogen-bond acceptors (Lipinski definition) is 3. The van der Waals surface area contributed by atoms with E-state index < -0.39 is 6.04 Å². The molecule has 0 aromatic heterocycles. The van der Waals surface area contributed by atoms with Gasteiger partial charge in [0.15, 0.2) is 0 Å². The van der Waals surface area contributed by atoms with Crippen molar-refractivity contribution in [3.63, 3.8) is 0 Å². The van der Waals surface area contributed by atoms with E-state index in [1.807, 2.05) is 36.4 Å². The maximum absolute atomic E-state index is 11.8. The molecular formula is C12H15N3O. The van der Waals surface area contributed by atoms with Gasteiger partial charge in [-0.1, -0.05) is 30.3 Å². The van der Waals surface area contributed by atoms with Crippen LogP contribution in [0.25, 0.3) is 0 Å². The molecule has 0 unspecified atom stereocenters. The Morgan fingerprint density at radius 3 is 2.69 bits per heavy atom. The molecule has 2 N–H and O–H groups in total. The van der Waals surface area contributed by atoms with Crippen LogP contribution in [0.5, 0.6) is 0 Å². The lowest BCUT2D eigenvalue weighted by atomic mass is 10.1. The third-order valence-electron chi connectivity index (χ3n) is 2.36. The average Bonchev–Trinajstić information content (AvgIpc) is 2.35. The molecule has 1 amide bonds. The third-order valence-corrected chi connectivity index (χ3v) is 2.36. The summed E-state index contributed by atoms with van der Waals surface area (Å²) < 4.78 is 0. The first kappa shape index (κ1) is 12.2. The maximum atomic E-state index is 11.8. The quantitative estimate of drug-likeness (QED) is 0.819. The van der Waals surface area contributed by atoms with Crippen molar-refractivity contribution < 1.29 is 4.79 Å². The lowest BCUT2D eigenvalue weighted by molar-refractivity contribution is -0.131. The molecule has 1 rings (SSSR count). The lowest BCUT2D eigenvalue weighted by Crippen LogP contribution is -2.36. The molecule has 0 fully saturated rings. The molecule has 0 saturated heterocycles. The Kier molecular flexibility index (Phi) is 4.49. The van der Waals surface area contributed by atoms with E-state index in [4.69, 9.17) is 11.0 Å². The summed E-state index contributed by atoms with van der Waals surface area (Å²) in [5.74, 6) is -0.165. The summed E-state index contributed by atoms with van der Waals surface area (Å²) in [6.07, 6.45) is 0.323. The smallest absolute Gasteiger partial charge is 0.243 e. The summed E-state index contributed by atoms with van der Waals surface area (Å²) in [6, 6.07) is 10.6. The van der Waals surface area contributed by atoms with Crippen LogP contribution in [0.15, 0.2) is 30.3 Å². The molecule has 0 aliphatic rings. The fraction of sp³-hybridized carbons (Fsp3) is 0.333. The van der Waals surface area contributed by atoms with Gasteiger partial charge in [0.25, 0.3) is 0 Å². The molecule has 0 aliphatic heterocycles. The fourth-order valence-corrected chi connectivity index (χ4v) is 1.37. The molecule has 84 valence electrons. The van der Waals surface area contributed by atoms with Gasteiger partial charge in [0.05, 0.1) is 12.5 Å². The predicted molar refractivity (Wildman–Crippen MR) is 61.2 cm³/mol. The average molecular weight is 217 g/mol. The van der Waals surface area contributed by atoms with E-state index in [2.05, 4.69) is 0 Å². The first-order valence-corrected chi connectivity index (χ1v) is 5.09. The molecule has 1 aromatic carbocycles. The molecule has 0 heterocycles. The molecular weight excluding hydrogens is 202 g/mol. The van der Waals surface area contributed by atoms with Crippen LogP contribution >= 0.6 is 0 Å². The molecule has 0 radical (unpaired) electrons. The van der Waals surface area contributed by atoms with Crippen LogP contribution in [0.2, 0.25) is 0 Å². The summed E-state index contributed by atoms with van der Waals surface area (Å²) in [7, 11) is 1.66. The van der Waals surface area contributed by atoms with Crippen molar-refractivity contribution in [2.45, 2.75) is 12.5 Å². The number of nitrogens with two attached hydrogens (primary N) is 1. The minimum Gasteiger partial charge on any atom is -0.343 e. The van der Waals surface area contributed by atoms with Gasteiger partial charge in [0.1, 0.15) is 6.04 Å². The van der Waals surface area contributed by atoms with Gasteiger partial charge in [-0.2, -0.15) is 5.26 Å². The summed E-state index contributed by atoms with van der Waals surface area (Å²) >= 11 is 0. The van der Waals surface area contributed by atoms with E-state index in [9.17, 15) is 4.79 Å². The van der Waals surface area contributed by atoms with Gasteiger partial charge in [0.2, 0.25) is 5.91 Å². The Bertz CT molecular complexity index is 383. The molecule has 0 spiro atoms. The normalized spacial score (nSPS) is 11.6. The van der Waals surface area contributed by atoms with E-state index in [1.54, 1.807) is 7.05 Å². The first-order chi connectivity index (χ1) is 7.66. The van der Waals surface area contributed by atoms with Crippen molar-refractivity contribution in [1.82, 2.24) is 4.90 Å². The van der Waals surface area contributed by atoms with Crippen LogP contribution in [0.4, 0.5) is 0 Å². The number of rotatable bonds is 4. The molecule has 16 heavy (non-hydrogen) atoms. The van der Waals surface area contributed by atoms with E-state index in [0.717, 1.165) is 5.56 Å². The summed E-state index contributed by atoms with van der Waals surface area (Å²) in [6.45, 7) is 0.413. The predicted octanol–water partition coefficient (Wildman–Crippen LogP) is 1.06. The van der Waals surface area contributed by atoms with Gasteiger partial charge in [0, 0.05) is 13.6 Å². The fourth-order valence-electron chi connectivity index (χ4n) is 1.37. The van der Waals surface area contributed by atoms with E-state index in [1.165, 1.54) is 4.90 Å². The van der Waals surface area contributed by atoms with Crippen LogP contribution in [0.3, 0.4) is 0 Å². The molecule has 4 nitrogen and oxygen atoms in total. The van der Waals surface area contributed by atoms with Crippen LogP contribution in [0.1, 0.15) is 18.0 Å². The van der Waals surface area contributed by atoms with Gasteiger partial charge in [-0.15, -0.1) is 0 Å². The third kappa shape index (κ3) is 3.07. The van der Waals surface area contributed by atoms with Gasteiger partial charge in [-0.3, -0.25) is 4.79 Å². The molecule has 1 aromatic rings. The van der Waals surface area contributed by atoms with E-state index in [-0.39, 0.29) is 5.91 Å². The van der Waals surface area contributed by atoms with Crippen LogP contribution in [0, 0.1) is 11.3 Å². The maximum Gasteiger partial charge on any atom is 0.243 e. The molecule has 0 saturated carbocycles. The van der Waals surface area contributed by atoms with Gasteiger partial charge in [-0.25, -0.2) is 0 Å². The number of likely N-dealkylation sites (N-methyl/N-ethyl adjacent to an activating group) is 1. The number of carbonyl (C=O) groups excluding carboxylic acids is 1. The zero-order valence-electron chi connectivity index (χ0n) is 9.26. The largest absolute Gasteiger partial charge is 0.343 e. The molecule has 0 bridgehead atoms. The standard InChI is InChI=1S/C12H15N3O/c1-15(9-5-8-13)12(16)11(14)10-6-3-2-4-7-10/h2-4,6-7,11H,5,9,14H2,1H3/t11-/m1/s1. The second-order valence-electron chi connectivity index (χ2n) is 3.56. The zero-order valence-corrected chi connectivity index (χ0v) is 9.26. The van der Waals surface area contributed by atoms with Crippen LogP contribution in [-0.2, 0) is 4.79 Å². The topological polar surface area (TPSA) is 70.1 Å². The summed E-state index contributed by atoms with van der Waals surface area (Å²) in [5.41, 5.74) is 6.63. The summed E-state index contributed by atoms with van der Waals surface area (Å²) in [4.78, 5) is 13.3. The Balaban J connectivity index is 2.64. The van der Waals surface area contributed by atoms with Crippen molar-refractivity contribution in [1.29, 1.82) is 5.26 Å².